The van der Waals surface area contributed by atoms with Gasteiger partial charge in [0.05, 0.1) is 21.2 Å². The minimum atomic E-state index is -1.20. The third-order valence-electron chi connectivity index (χ3n) is 6.87. The molecular weight excluding hydrogens is 588 g/mol. The van der Waals surface area contributed by atoms with Gasteiger partial charge in [0.25, 0.3) is 0 Å². The number of carbonyl (C=O) groups is 1. The summed E-state index contributed by atoms with van der Waals surface area (Å²) in [6, 6.07) is 13.7. The number of ketones is 1. The van der Waals surface area contributed by atoms with Crippen molar-refractivity contribution in [3.63, 3.8) is 0 Å². The monoisotopic (exact) mass is 615 g/mol. The molecule has 3 aromatic rings. The molecule has 2 heterocycles. The molecule has 2 aromatic carbocycles. The van der Waals surface area contributed by atoms with Crippen molar-refractivity contribution in [1.82, 2.24) is 0 Å². The van der Waals surface area contributed by atoms with Crippen molar-refractivity contribution in [1.29, 1.82) is 0 Å². The quantitative estimate of drug-likeness (QED) is 0.287. The van der Waals surface area contributed by atoms with Crippen LogP contribution in [0, 0.1) is 11.3 Å². The van der Waals surface area contributed by atoms with Gasteiger partial charge in [-0.25, -0.2) is 0 Å². The molecule has 0 bridgehead atoms. The number of phenols is 1. The lowest BCUT2D eigenvalue weighted by Crippen LogP contribution is -2.51. The highest BCUT2D eigenvalue weighted by Crippen LogP contribution is 2.53. The number of nitrogens with one attached hydrogen (secondary N) is 1. The molecule has 0 spiro atoms. The summed E-state index contributed by atoms with van der Waals surface area (Å²) in [4.78, 5) is 16.3. The number of hydrogen-bond donors (Lipinski definition) is 2. The van der Waals surface area contributed by atoms with Gasteiger partial charge in [0.2, 0.25) is 0 Å². The van der Waals surface area contributed by atoms with Crippen LogP contribution in [0.2, 0.25) is 5.02 Å². The van der Waals surface area contributed by atoms with E-state index in [0.29, 0.717) is 45.6 Å². The first-order valence-electron chi connectivity index (χ1n) is 12.5. The van der Waals surface area contributed by atoms with Crippen molar-refractivity contribution in [3.8, 4) is 16.6 Å². The number of phenolic OH excluding ortho intramolecular Hbond substituents is 1. The van der Waals surface area contributed by atoms with E-state index in [-0.39, 0.29) is 22.9 Å². The van der Waals surface area contributed by atoms with Crippen molar-refractivity contribution in [2.75, 3.05) is 10.2 Å². The second-order valence-electron chi connectivity index (χ2n) is 10.9. The third kappa shape index (κ3) is 4.95. The molecular formula is C29H29BrClN2O4S-. The zero-order valence-corrected chi connectivity index (χ0v) is 24.7. The van der Waals surface area contributed by atoms with Crippen molar-refractivity contribution in [2.45, 2.75) is 52.8 Å². The average Bonchev–Trinajstić information content (AvgIpc) is 3.11. The van der Waals surface area contributed by atoms with Crippen molar-refractivity contribution in [2.24, 2.45) is 11.3 Å². The highest BCUT2D eigenvalue weighted by atomic mass is 79.9. The Bertz CT molecular complexity index is 1430. The minimum absolute atomic E-state index is 0.0222. The van der Waals surface area contributed by atoms with Crippen molar-refractivity contribution >= 4 is 56.0 Å². The Morgan fingerprint density at radius 1 is 1.21 bits per heavy atom. The summed E-state index contributed by atoms with van der Waals surface area (Å²) in [6.07, 6.45) is -0.257. The van der Waals surface area contributed by atoms with Gasteiger partial charge < -0.3 is 25.2 Å². The number of aromatic hydroxyl groups is 1. The Hall–Kier alpha value is -2.52. The standard InChI is InChI=1S/C29H29BrClN2O4S/c1-15(2)27(36)33-19-9-7-10-20(34)25(19)32-18-13-29(3,4)14-21(35)24(18)26(33)23-12-17(31)28(38-23)37-22-11-6-5-8-16(22)30/h5-12,15,26-27,32,34H,13-14H2,1-4H3/q-1. The summed E-state index contributed by atoms with van der Waals surface area (Å²) >= 11 is 11.5. The first-order valence-corrected chi connectivity index (χ1v) is 14.5. The predicted octanol–water partition coefficient (Wildman–Crippen LogP) is 7.62. The molecule has 38 heavy (non-hydrogen) atoms. The van der Waals surface area contributed by atoms with Crippen LogP contribution in [0.25, 0.3) is 0 Å². The molecule has 1 aromatic heterocycles. The Morgan fingerprint density at radius 2 is 1.95 bits per heavy atom. The van der Waals surface area contributed by atoms with E-state index in [2.05, 4.69) is 35.1 Å². The zero-order valence-electron chi connectivity index (χ0n) is 21.5. The van der Waals surface area contributed by atoms with Gasteiger partial charge in [0, 0.05) is 22.6 Å². The van der Waals surface area contributed by atoms with Crippen LogP contribution in [0.5, 0.6) is 16.6 Å². The van der Waals surface area contributed by atoms with Crippen molar-refractivity contribution in [3.05, 3.63) is 74.2 Å². The van der Waals surface area contributed by atoms with Gasteiger partial charge in [0.15, 0.2) is 10.8 Å². The first kappa shape index (κ1) is 27.1. The highest BCUT2D eigenvalue weighted by Gasteiger charge is 2.43. The Balaban J connectivity index is 1.73. The molecule has 1 aliphatic heterocycles. The fourth-order valence-electron chi connectivity index (χ4n) is 5.15. The number of Topliss-reactive ketones (excluding diaryl/α,β-unsaturated/α-hetero) is 1. The fraction of sp³-hybridized carbons (Fsp3) is 0.345. The summed E-state index contributed by atoms with van der Waals surface area (Å²) < 4.78 is 6.94. The van der Waals surface area contributed by atoms with Crippen LogP contribution in [-0.2, 0) is 4.79 Å². The molecule has 2 N–H and O–H groups in total. The van der Waals surface area contributed by atoms with Gasteiger partial charge in [-0.05, 0) is 70.2 Å². The summed E-state index contributed by atoms with van der Waals surface area (Å²) in [5, 5.41) is 29.0. The molecule has 0 saturated heterocycles. The minimum Gasteiger partial charge on any atom is -0.836 e. The number of benzene rings is 2. The van der Waals surface area contributed by atoms with E-state index in [0.717, 1.165) is 15.0 Å². The number of para-hydroxylation sites is 2. The molecule has 1 aliphatic carbocycles. The van der Waals surface area contributed by atoms with Crippen LogP contribution in [-0.4, -0.2) is 17.1 Å². The molecule has 2 aliphatic rings. The summed E-state index contributed by atoms with van der Waals surface area (Å²) in [5.74, 6) is 0.321. The second kappa shape index (κ2) is 10.2. The van der Waals surface area contributed by atoms with Gasteiger partial charge >= 0.3 is 0 Å². The zero-order chi connectivity index (χ0) is 27.4. The van der Waals surface area contributed by atoms with E-state index in [1.807, 2.05) is 44.2 Å². The Labute approximate surface area is 240 Å². The van der Waals surface area contributed by atoms with Gasteiger partial charge in [0.1, 0.15) is 17.2 Å². The molecule has 0 amide bonds. The van der Waals surface area contributed by atoms with Crippen LogP contribution >= 0.6 is 38.9 Å². The second-order valence-corrected chi connectivity index (χ2v) is 13.2. The topological polar surface area (TPSA) is 84.9 Å². The van der Waals surface area contributed by atoms with Gasteiger partial charge in [-0.15, -0.1) is 0 Å². The van der Waals surface area contributed by atoms with Crippen molar-refractivity contribution < 1.29 is 19.7 Å². The largest absolute Gasteiger partial charge is 0.836 e. The van der Waals surface area contributed by atoms with Gasteiger partial charge in [-0.2, -0.15) is 0 Å². The molecule has 0 fully saturated rings. The molecule has 2 unspecified atom stereocenters. The van der Waals surface area contributed by atoms with E-state index in [1.165, 1.54) is 11.3 Å². The van der Waals surface area contributed by atoms with Gasteiger partial charge in [-0.3, -0.25) is 4.79 Å². The maximum Gasteiger partial charge on any atom is 0.199 e. The number of halogens is 2. The number of hydrogen-bond acceptors (Lipinski definition) is 7. The van der Waals surface area contributed by atoms with Crippen LogP contribution in [0.4, 0.5) is 11.4 Å². The molecule has 0 radical (unpaired) electrons. The number of ether oxygens (including phenoxy) is 1. The number of nitrogens with zero attached hydrogens (tertiary/aromatic N) is 1. The first-order chi connectivity index (χ1) is 18.0. The van der Waals surface area contributed by atoms with Crippen LogP contribution in [0.15, 0.2) is 64.3 Å². The lowest BCUT2D eigenvalue weighted by Gasteiger charge is -2.46. The maximum atomic E-state index is 13.9. The summed E-state index contributed by atoms with van der Waals surface area (Å²) in [6.45, 7) is 7.82. The maximum absolute atomic E-state index is 13.9. The lowest BCUT2D eigenvalue weighted by atomic mass is 9.74. The number of allylic oxidation sites excluding steroid dienone is 1. The number of fused-ring (bicyclic) bond motifs is 1. The van der Waals surface area contributed by atoms with Gasteiger partial charge in [-0.1, -0.05) is 68.8 Å². The Morgan fingerprint density at radius 3 is 2.66 bits per heavy atom. The number of thiophene rings is 1. The molecule has 0 saturated carbocycles. The van der Waals surface area contributed by atoms with Crippen LogP contribution < -0.4 is 20.1 Å². The molecule has 6 nitrogen and oxygen atoms in total. The molecule has 5 rings (SSSR count). The Kier molecular flexibility index (Phi) is 7.28. The number of rotatable bonds is 5. The summed E-state index contributed by atoms with van der Waals surface area (Å²) in [5.41, 5.74) is 1.95. The lowest BCUT2D eigenvalue weighted by molar-refractivity contribution is -0.431. The molecule has 9 heteroatoms. The van der Waals surface area contributed by atoms with Crippen LogP contribution in [0.3, 0.4) is 0 Å². The average molecular weight is 617 g/mol. The van der Waals surface area contributed by atoms with E-state index in [9.17, 15) is 15.0 Å². The van der Waals surface area contributed by atoms with E-state index in [1.54, 1.807) is 23.1 Å². The summed E-state index contributed by atoms with van der Waals surface area (Å²) in [7, 11) is 0. The fourth-order valence-corrected chi connectivity index (χ4v) is 6.87. The molecule has 200 valence electrons. The molecule has 2 atom stereocenters. The SMILES string of the molecule is CC(C)C([O-])N1c2cccc(O)c2NC2=C(C(=O)CC(C)(C)C2)C1c1cc(Cl)c(Oc2ccccc2Br)s1. The number of carbonyl (C=O) groups excluding carboxylic acids is 1. The van der Waals surface area contributed by atoms with E-state index < -0.39 is 12.3 Å². The predicted molar refractivity (Wildman–Crippen MR) is 154 cm³/mol. The third-order valence-corrected chi connectivity index (χ3v) is 8.99. The number of anilines is 2. The normalized spacial score (nSPS) is 19.5. The highest BCUT2D eigenvalue weighted by molar-refractivity contribution is 9.10. The smallest absolute Gasteiger partial charge is 0.199 e. The van der Waals surface area contributed by atoms with E-state index >= 15 is 0 Å². The van der Waals surface area contributed by atoms with E-state index in [4.69, 9.17) is 16.3 Å². The van der Waals surface area contributed by atoms with Crippen LogP contribution in [0.1, 0.15) is 51.5 Å².